The largest absolute Gasteiger partial charge is 0.472 e. The molecule has 2 aliphatic rings. The minimum Gasteiger partial charge on any atom is -0.472 e. The van der Waals surface area contributed by atoms with E-state index in [1.54, 1.807) is 11.0 Å². The van der Waals surface area contributed by atoms with E-state index >= 15 is 0 Å². The van der Waals surface area contributed by atoms with Crippen molar-refractivity contribution in [3.05, 3.63) is 60.1 Å². The Balaban J connectivity index is 1.41. The first-order chi connectivity index (χ1) is 11.7. The van der Waals surface area contributed by atoms with Gasteiger partial charge in [0, 0.05) is 26.2 Å². The van der Waals surface area contributed by atoms with Crippen molar-refractivity contribution in [1.82, 2.24) is 9.80 Å². The van der Waals surface area contributed by atoms with E-state index in [1.165, 1.54) is 12.5 Å². The van der Waals surface area contributed by atoms with E-state index in [0.29, 0.717) is 31.7 Å². The summed E-state index contributed by atoms with van der Waals surface area (Å²) in [6.45, 7) is 2.33. The van der Waals surface area contributed by atoms with Crippen molar-refractivity contribution in [2.24, 2.45) is 0 Å². The predicted octanol–water partition coefficient (Wildman–Crippen LogP) is 2.30. The lowest BCUT2D eigenvalue weighted by molar-refractivity contribution is -0.135. The van der Waals surface area contributed by atoms with E-state index in [9.17, 15) is 9.59 Å². The highest BCUT2D eigenvalue weighted by Gasteiger charge is 2.53. The van der Waals surface area contributed by atoms with Gasteiger partial charge in [-0.15, -0.1) is 0 Å². The van der Waals surface area contributed by atoms with Crippen LogP contribution in [-0.4, -0.2) is 47.8 Å². The number of hydrogen-bond donors (Lipinski definition) is 0. The van der Waals surface area contributed by atoms with Crippen LogP contribution < -0.4 is 0 Å². The topological polar surface area (TPSA) is 53.8 Å². The molecule has 2 fully saturated rings. The van der Waals surface area contributed by atoms with Crippen LogP contribution in [0, 0.1) is 0 Å². The summed E-state index contributed by atoms with van der Waals surface area (Å²) in [5.41, 5.74) is 1.36. The van der Waals surface area contributed by atoms with Gasteiger partial charge in [-0.05, 0) is 24.5 Å². The zero-order chi connectivity index (χ0) is 16.6. The maximum atomic E-state index is 13.0. The molecule has 0 N–H and O–H groups in total. The number of amides is 2. The Morgan fingerprint density at radius 1 is 0.917 bits per heavy atom. The average molecular weight is 324 g/mol. The van der Waals surface area contributed by atoms with Gasteiger partial charge in [0.15, 0.2) is 0 Å². The van der Waals surface area contributed by atoms with Crippen LogP contribution in [0.2, 0.25) is 0 Å². The van der Waals surface area contributed by atoms with Gasteiger partial charge in [0.1, 0.15) is 6.26 Å². The van der Waals surface area contributed by atoms with E-state index in [1.807, 2.05) is 35.2 Å². The molecule has 5 heteroatoms. The lowest BCUT2D eigenvalue weighted by atomic mass is 9.94. The minimum absolute atomic E-state index is 0.0277. The van der Waals surface area contributed by atoms with Crippen LogP contribution in [0.3, 0.4) is 0 Å². The normalized spacial score (nSPS) is 19.2. The fourth-order valence-electron chi connectivity index (χ4n) is 3.49. The summed E-state index contributed by atoms with van der Waals surface area (Å²) in [5, 5.41) is 0. The van der Waals surface area contributed by atoms with Gasteiger partial charge >= 0.3 is 0 Å². The molecule has 2 heterocycles. The van der Waals surface area contributed by atoms with Crippen LogP contribution in [0.1, 0.15) is 28.8 Å². The van der Waals surface area contributed by atoms with E-state index in [4.69, 9.17) is 4.42 Å². The lowest BCUT2D eigenvalue weighted by Gasteiger charge is -2.36. The third-order valence-electron chi connectivity index (χ3n) is 5.11. The number of rotatable bonds is 3. The number of hydrogen-bond acceptors (Lipinski definition) is 3. The van der Waals surface area contributed by atoms with E-state index in [2.05, 4.69) is 0 Å². The molecule has 2 amide bonds. The van der Waals surface area contributed by atoms with Crippen LogP contribution >= 0.6 is 0 Å². The number of nitrogens with zero attached hydrogens (tertiary/aromatic N) is 2. The third-order valence-corrected chi connectivity index (χ3v) is 5.11. The predicted molar refractivity (Wildman–Crippen MR) is 88.5 cm³/mol. The Labute approximate surface area is 140 Å². The van der Waals surface area contributed by atoms with E-state index in [0.717, 1.165) is 18.4 Å². The summed E-state index contributed by atoms with van der Waals surface area (Å²) in [4.78, 5) is 29.0. The zero-order valence-electron chi connectivity index (χ0n) is 13.5. The van der Waals surface area contributed by atoms with E-state index < -0.39 is 0 Å². The van der Waals surface area contributed by atoms with Gasteiger partial charge < -0.3 is 14.2 Å². The van der Waals surface area contributed by atoms with Gasteiger partial charge in [-0.1, -0.05) is 30.3 Å². The summed E-state index contributed by atoms with van der Waals surface area (Å²) in [5.74, 6) is 0.184. The third kappa shape index (κ3) is 2.50. The Morgan fingerprint density at radius 3 is 2.17 bits per heavy atom. The summed E-state index contributed by atoms with van der Waals surface area (Å²) < 4.78 is 4.98. The zero-order valence-corrected chi connectivity index (χ0v) is 13.5. The molecule has 0 atom stereocenters. The number of carbonyl (C=O) groups is 2. The fraction of sp³-hybridized carbons (Fsp3) is 0.368. The highest BCUT2D eigenvalue weighted by Crippen LogP contribution is 2.49. The minimum atomic E-state index is -0.321. The Bertz CT molecular complexity index is 727. The molecular weight excluding hydrogens is 304 g/mol. The highest BCUT2D eigenvalue weighted by molar-refractivity contribution is 5.94. The SMILES string of the molecule is O=C(c1ccoc1)N1CCN(C(=O)C2(c3ccccc3)CC2)CC1. The molecule has 4 rings (SSSR count). The second-order valence-electron chi connectivity index (χ2n) is 6.54. The molecule has 1 saturated carbocycles. The molecule has 1 aliphatic carbocycles. The van der Waals surface area contributed by atoms with Gasteiger partial charge in [-0.25, -0.2) is 0 Å². The molecule has 1 aliphatic heterocycles. The van der Waals surface area contributed by atoms with Gasteiger partial charge in [0.25, 0.3) is 5.91 Å². The van der Waals surface area contributed by atoms with Crippen molar-refractivity contribution in [2.45, 2.75) is 18.3 Å². The molecule has 24 heavy (non-hydrogen) atoms. The Kier molecular flexibility index (Phi) is 3.63. The first kappa shape index (κ1) is 15.0. The van der Waals surface area contributed by atoms with Gasteiger partial charge in [0.2, 0.25) is 5.91 Å². The number of benzene rings is 1. The average Bonchev–Trinajstić information content (AvgIpc) is 3.28. The molecule has 124 valence electrons. The van der Waals surface area contributed by atoms with Crippen LogP contribution in [0.25, 0.3) is 0 Å². The first-order valence-electron chi connectivity index (χ1n) is 8.37. The maximum Gasteiger partial charge on any atom is 0.257 e. The van der Waals surface area contributed by atoms with Crippen molar-refractivity contribution in [3.63, 3.8) is 0 Å². The second-order valence-corrected chi connectivity index (χ2v) is 6.54. The fourth-order valence-corrected chi connectivity index (χ4v) is 3.49. The van der Waals surface area contributed by atoms with Crippen molar-refractivity contribution in [2.75, 3.05) is 26.2 Å². The maximum absolute atomic E-state index is 13.0. The molecule has 1 aromatic heterocycles. The van der Waals surface area contributed by atoms with Gasteiger partial charge in [-0.3, -0.25) is 9.59 Å². The monoisotopic (exact) mass is 324 g/mol. The van der Waals surface area contributed by atoms with Crippen molar-refractivity contribution in [3.8, 4) is 0 Å². The van der Waals surface area contributed by atoms with E-state index in [-0.39, 0.29) is 17.2 Å². The molecule has 2 aromatic rings. The summed E-state index contributed by atoms with van der Waals surface area (Å²) in [6, 6.07) is 11.7. The quantitative estimate of drug-likeness (QED) is 0.870. The van der Waals surface area contributed by atoms with Crippen LogP contribution in [0.5, 0.6) is 0 Å². The molecule has 0 radical (unpaired) electrons. The molecule has 1 aromatic carbocycles. The van der Waals surface area contributed by atoms with Gasteiger partial charge in [-0.2, -0.15) is 0 Å². The highest BCUT2D eigenvalue weighted by atomic mass is 16.3. The Hall–Kier alpha value is -2.56. The number of carbonyl (C=O) groups excluding carboxylic acids is 2. The summed E-state index contributed by atoms with van der Waals surface area (Å²) >= 11 is 0. The Morgan fingerprint density at radius 2 is 1.58 bits per heavy atom. The molecule has 0 unspecified atom stereocenters. The molecule has 0 bridgehead atoms. The lowest BCUT2D eigenvalue weighted by Crippen LogP contribution is -2.52. The van der Waals surface area contributed by atoms with Crippen molar-refractivity contribution < 1.29 is 14.0 Å². The second kappa shape index (κ2) is 5.82. The first-order valence-corrected chi connectivity index (χ1v) is 8.37. The molecule has 5 nitrogen and oxygen atoms in total. The van der Waals surface area contributed by atoms with Crippen LogP contribution in [0.4, 0.5) is 0 Å². The smallest absolute Gasteiger partial charge is 0.257 e. The molecule has 0 spiro atoms. The molecule has 1 saturated heterocycles. The van der Waals surface area contributed by atoms with Crippen LogP contribution in [0.15, 0.2) is 53.3 Å². The van der Waals surface area contributed by atoms with Crippen molar-refractivity contribution in [1.29, 1.82) is 0 Å². The number of furan rings is 1. The van der Waals surface area contributed by atoms with Gasteiger partial charge in [0.05, 0.1) is 17.2 Å². The summed E-state index contributed by atoms with van der Waals surface area (Å²) in [7, 11) is 0. The van der Waals surface area contributed by atoms with Crippen LogP contribution in [-0.2, 0) is 10.2 Å². The summed E-state index contributed by atoms with van der Waals surface area (Å²) in [6.07, 6.45) is 4.81. The van der Waals surface area contributed by atoms with Crippen molar-refractivity contribution >= 4 is 11.8 Å². The molecular formula is C19H20N2O3. The standard InChI is InChI=1S/C19H20N2O3/c22-17(15-6-13-24-14-15)20-9-11-21(12-10-20)18(23)19(7-8-19)16-4-2-1-3-5-16/h1-6,13-14H,7-12H2. The number of piperazine rings is 1.